The molecule has 3 heterocycles. The first kappa shape index (κ1) is 32.7. The first-order chi connectivity index (χ1) is 22.4. The summed E-state index contributed by atoms with van der Waals surface area (Å²) >= 11 is 0. The number of carbonyl (C=O) groups excluding carboxylic acids is 1. The molecule has 3 atom stereocenters. The predicted octanol–water partition coefficient (Wildman–Crippen LogP) is 5.24. The Bertz CT molecular complexity index is 1980. The second-order valence-corrected chi connectivity index (χ2v) is 15.3. The van der Waals surface area contributed by atoms with Crippen LogP contribution in [-0.2, 0) is 10.0 Å². The lowest BCUT2D eigenvalue weighted by Crippen LogP contribution is -2.38. The zero-order valence-corrected chi connectivity index (χ0v) is 28.5. The van der Waals surface area contributed by atoms with Crippen LogP contribution in [-0.4, -0.2) is 83.9 Å². The number of fused-ring (bicyclic) bond motifs is 1. The fourth-order valence-electron chi connectivity index (χ4n) is 6.78. The summed E-state index contributed by atoms with van der Waals surface area (Å²) in [5.41, 5.74) is 6.55. The molecule has 47 heavy (non-hydrogen) atoms. The Labute approximate surface area is 277 Å². The number of aryl methyl sites for hydroxylation is 1. The molecule has 0 spiro atoms. The van der Waals surface area contributed by atoms with Gasteiger partial charge in [0.1, 0.15) is 4.75 Å². The SMILES string of the molecule is CN[C@H]1CCN(c2ccc(C3=CC(C)(S(=O)(=O)n4cc(-c5ccc(C(=O)N(C)C[C@H](C)O)cc5)c5cccnc54)CC=C3)cc2C)C1. The highest BCUT2D eigenvalue weighted by atomic mass is 32.2. The number of hydrogen-bond acceptors (Lipinski definition) is 7. The number of rotatable bonds is 9. The number of carbonyl (C=O) groups is 1. The largest absolute Gasteiger partial charge is 0.392 e. The molecule has 246 valence electrons. The number of aliphatic hydroxyl groups excluding tert-OH is 1. The lowest BCUT2D eigenvalue weighted by Gasteiger charge is -2.29. The van der Waals surface area contributed by atoms with Gasteiger partial charge in [0.15, 0.2) is 5.65 Å². The van der Waals surface area contributed by atoms with Crippen molar-refractivity contribution in [2.75, 3.05) is 38.6 Å². The molecular weight excluding hydrogens is 611 g/mol. The van der Waals surface area contributed by atoms with Crippen molar-refractivity contribution in [1.29, 1.82) is 0 Å². The number of aliphatic hydroxyl groups is 1. The minimum atomic E-state index is -3.97. The highest BCUT2D eigenvalue weighted by Crippen LogP contribution is 2.39. The summed E-state index contributed by atoms with van der Waals surface area (Å²) in [7, 11) is -0.316. The van der Waals surface area contributed by atoms with Crippen LogP contribution < -0.4 is 10.2 Å². The molecule has 6 rings (SSSR count). The quantitative estimate of drug-likeness (QED) is 0.254. The molecule has 2 N–H and O–H groups in total. The normalized spacial score (nSPS) is 20.4. The van der Waals surface area contributed by atoms with Crippen molar-refractivity contribution in [3.63, 3.8) is 0 Å². The maximum absolute atomic E-state index is 14.6. The maximum atomic E-state index is 14.6. The molecule has 2 aromatic heterocycles. The summed E-state index contributed by atoms with van der Waals surface area (Å²) in [6.07, 6.45) is 9.89. The Morgan fingerprint density at radius 3 is 2.60 bits per heavy atom. The average molecular weight is 654 g/mol. The standard InChI is InChI=1S/C37H43N5O4S/c1-25-20-29(14-15-34(25)41-19-16-31(23-41)38-4)30-8-6-17-37(3,21-30)47(45,46)42-24-33(32-9-7-18-39-35(32)42)27-10-12-28(13-11-27)36(44)40(5)22-26(2)43/h6-15,18,20-21,24,26,31,38,43H,16-17,19,22-23H2,1-5H3/t26-,31-,37?/m0/s1. The van der Waals surface area contributed by atoms with Crippen molar-refractivity contribution >= 4 is 38.2 Å². The van der Waals surface area contributed by atoms with E-state index in [1.165, 1.54) is 14.6 Å². The molecule has 1 fully saturated rings. The molecule has 1 saturated heterocycles. The van der Waals surface area contributed by atoms with Crippen molar-refractivity contribution in [3.8, 4) is 11.1 Å². The number of hydrogen-bond donors (Lipinski definition) is 2. The number of likely N-dealkylation sites (N-methyl/N-ethyl adjacent to an activating group) is 2. The number of nitrogens with one attached hydrogen (secondary N) is 1. The van der Waals surface area contributed by atoms with E-state index in [2.05, 4.69) is 40.3 Å². The second kappa shape index (κ2) is 12.7. The summed E-state index contributed by atoms with van der Waals surface area (Å²) in [4.78, 5) is 21.2. The number of allylic oxidation sites excluding steroid dienone is 3. The fraction of sp³-hybridized carbons (Fsp3) is 0.351. The summed E-state index contributed by atoms with van der Waals surface area (Å²) < 4.78 is 29.2. The van der Waals surface area contributed by atoms with Crippen LogP contribution in [0.25, 0.3) is 27.7 Å². The van der Waals surface area contributed by atoms with Crippen LogP contribution in [0, 0.1) is 6.92 Å². The van der Waals surface area contributed by atoms with Crippen LogP contribution in [0.2, 0.25) is 0 Å². The molecule has 2 aromatic carbocycles. The Morgan fingerprint density at radius 2 is 1.91 bits per heavy atom. The van der Waals surface area contributed by atoms with E-state index < -0.39 is 20.9 Å². The van der Waals surface area contributed by atoms with E-state index in [-0.39, 0.29) is 12.5 Å². The number of benzene rings is 2. The lowest BCUT2D eigenvalue weighted by molar-refractivity contribution is 0.0703. The van der Waals surface area contributed by atoms with Crippen LogP contribution in [0.15, 0.2) is 85.2 Å². The van der Waals surface area contributed by atoms with Gasteiger partial charge in [0, 0.05) is 67.3 Å². The van der Waals surface area contributed by atoms with Gasteiger partial charge >= 0.3 is 0 Å². The van der Waals surface area contributed by atoms with Gasteiger partial charge in [-0.25, -0.2) is 17.4 Å². The van der Waals surface area contributed by atoms with Gasteiger partial charge in [-0.15, -0.1) is 0 Å². The van der Waals surface area contributed by atoms with Crippen molar-refractivity contribution in [1.82, 2.24) is 19.2 Å². The summed E-state index contributed by atoms with van der Waals surface area (Å²) in [6, 6.07) is 17.6. The first-order valence-corrected chi connectivity index (χ1v) is 17.5. The molecule has 0 radical (unpaired) electrons. The van der Waals surface area contributed by atoms with Gasteiger partial charge in [0.2, 0.25) is 10.0 Å². The number of amides is 1. The van der Waals surface area contributed by atoms with E-state index in [1.54, 1.807) is 51.5 Å². The topological polar surface area (TPSA) is 108 Å². The molecule has 1 amide bonds. The van der Waals surface area contributed by atoms with Gasteiger partial charge < -0.3 is 20.2 Å². The van der Waals surface area contributed by atoms with E-state index >= 15 is 0 Å². The number of anilines is 1. The monoisotopic (exact) mass is 653 g/mol. The summed E-state index contributed by atoms with van der Waals surface area (Å²) in [5, 5.41) is 13.8. The smallest absolute Gasteiger partial charge is 0.253 e. The Hall–Kier alpha value is -4.25. The first-order valence-electron chi connectivity index (χ1n) is 16.1. The number of aromatic nitrogens is 2. The molecule has 1 unspecified atom stereocenters. The van der Waals surface area contributed by atoms with E-state index in [1.807, 2.05) is 43.5 Å². The minimum Gasteiger partial charge on any atom is -0.392 e. The molecule has 9 nitrogen and oxygen atoms in total. The van der Waals surface area contributed by atoms with Crippen molar-refractivity contribution in [2.24, 2.45) is 0 Å². The highest BCUT2D eigenvalue weighted by molar-refractivity contribution is 7.91. The van der Waals surface area contributed by atoms with Crippen LogP contribution in [0.5, 0.6) is 0 Å². The third kappa shape index (κ3) is 6.13. The Balaban J connectivity index is 1.32. The summed E-state index contributed by atoms with van der Waals surface area (Å²) in [5.74, 6) is -0.201. The number of pyridine rings is 1. The second-order valence-electron chi connectivity index (χ2n) is 13.1. The van der Waals surface area contributed by atoms with Crippen molar-refractivity contribution in [3.05, 3.63) is 102 Å². The third-order valence-corrected chi connectivity index (χ3v) is 11.7. The van der Waals surface area contributed by atoms with Crippen LogP contribution >= 0.6 is 0 Å². The van der Waals surface area contributed by atoms with Gasteiger partial charge in [-0.1, -0.05) is 36.4 Å². The molecule has 4 aromatic rings. The number of nitrogens with zero attached hydrogens (tertiary/aromatic N) is 4. The summed E-state index contributed by atoms with van der Waals surface area (Å²) in [6.45, 7) is 7.73. The molecule has 10 heteroatoms. The highest BCUT2D eigenvalue weighted by Gasteiger charge is 2.41. The van der Waals surface area contributed by atoms with Crippen molar-refractivity contribution < 1.29 is 18.3 Å². The predicted molar refractivity (Wildman–Crippen MR) is 189 cm³/mol. The maximum Gasteiger partial charge on any atom is 0.253 e. The fourth-order valence-corrected chi connectivity index (χ4v) is 8.43. The zero-order chi connectivity index (χ0) is 33.5. The van der Waals surface area contributed by atoms with E-state index in [0.29, 0.717) is 34.6 Å². The molecule has 1 aliphatic carbocycles. The van der Waals surface area contributed by atoms with Gasteiger partial charge in [-0.2, -0.15) is 0 Å². The molecule has 0 bridgehead atoms. The zero-order valence-electron chi connectivity index (χ0n) is 27.6. The van der Waals surface area contributed by atoms with E-state index in [4.69, 9.17) is 0 Å². The van der Waals surface area contributed by atoms with Gasteiger partial charge in [-0.05, 0) is 99.3 Å². The lowest BCUT2D eigenvalue weighted by atomic mass is 9.92. The van der Waals surface area contributed by atoms with Gasteiger partial charge in [0.05, 0.1) is 6.10 Å². The van der Waals surface area contributed by atoms with E-state index in [0.717, 1.165) is 41.8 Å². The van der Waals surface area contributed by atoms with E-state index in [9.17, 15) is 18.3 Å². The van der Waals surface area contributed by atoms with Crippen LogP contribution in [0.1, 0.15) is 48.2 Å². The molecule has 0 saturated carbocycles. The molecule has 2 aliphatic rings. The van der Waals surface area contributed by atoms with Crippen molar-refractivity contribution in [2.45, 2.75) is 50.5 Å². The minimum absolute atomic E-state index is 0.201. The molecular formula is C37H43N5O4S. The molecule has 1 aliphatic heterocycles. The van der Waals surface area contributed by atoms with Crippen LogP contribution in [0.3, 0.4) is 0 Å². The van der Waals surface area contributed by atoms with Gasteiger partial charge in [0.25, 0.3) is 5.91 Å². The average Bonchev–Trinajstić information content (AvgIpc) is 3.70. The Kier molecular flexibility index (Phi) is 8.86. The Morgan fingerprint density at radius 1 is 1.17 bits per heavy atom. The van der Waals surface area contributed by atoms with Gasteiger partial charge in [-0.3, -0.25) is 4.79 Å². The van der Waals surface area contributed by atoms with Crippen LogP contribution in [0.4, 0.5) is 5.69 Å². The third-order valence-electron chi connectivity index (χ3n) is 9.46.